The summed E-state index contributed by atoms with van der Waals surface area (Å²) >= 11 is 0. The molecule has 1 rings (SSSR count). The Morgan fingerprint density at radius 1 is 1.35 bits per heavy atom. The fourth-order valence-corrected chi connectivity index (χ4v) is 2.12. The van der Waals surface area contributed by atoms with Gasteiger partial charge in [0.1, 0.15) is 6.04 Å². The largest absolute Gasteiger partial charge is 0.480 e. The molecule has 1 aromatic heterocycles. The summed E-state index contributed by atoms with van der Waals surface area (Å²) in [4.78, 5) is 22.8. The van der Waals surface area contributed by atoms with Crippen molar-refractivity contribution in [2.75, 3.05) is 6.26 Å². The smallest absolute Gasteiger partial charge is 0.326 e. The molecular formula is C12H17NO6S. The quantitative estimate of drug-likeness (QED) is 0.807. The number of carboxylic acid groups (broad SMARTS) is 1. The summed E-state index contributed by atoms with van der Waals surface area (Å²) in [5.74, 6) is -2.06. The lowest BCUT2D eigenvalue weighted by Gasteiger charge is -2.15. The van der Waals surface area contributed by atoms with Gasteiger partial charge in [0.15, 0.2) is 5.76 Å². The van der Waals surface area contributed by atoms with Crippen molar-refractivity contribution in [1.29, 1.82) is 0 Å². The lowest BCUT2D eigenvalue weighted by molar-refractivity contribution is -0.139. The molecule has 20 heavy (non-hydrogen) atoms. The zero-order valence-corrected chi connectivity index (χ0v) is 12.2. The van der Waals surface area contributed by atoms with Crippen LogP contribution in [0.2, 0.25) is 0 Å². The number of nitrogens with one attached hydrogen (secondary N) is 1. The Hall–Kier alpha value is -1.83. The van der Waals surface area contributed by atoms with Gasteiger partial charge in [-0.1, -0.05) is 13.8 Å². The van der Waals surface area contributed by atoms with Gasteiger partial charge in [-0.05, 0) is 24.5 Å². The van der Waals surface area contributed by atoms with Gasteiger partial charge < -0.3 is 14.8 Å². The number of carboxylic acids is 1. The second-order valence-corrected chi connectivity index (χ2v) is 6.83. The maximum Gasteiger partial charge on any atom is 0.326 e. The van der Waals surface area contributed by atoms with Gasteiger partial charge in [0.25, 0.3) is 5.91 Å². The van der Waals surface area contributed by atoms with Crippen molar-refractivity contribution in [2.24, 2.45) is 5.92 Å². The monoisotopic (exact) mass is 303 g/mol. The first-order chi connectivity index (χ1) is 9.11. The lowest BCUT2D eigenvalue weighted by Crippen LogP contribution is -2.41. The molecule has 0 saturated carbocycles. The molecule has 0 aliphatic carbocycles. The molecule has 0 aliphatic rings. The molecule has 0 spiro atoms. The van der Waals surface area contributed by atoms with Crippen LogP contribution in [0.3, 0.4) is 0 Å². The molecule has 1 aromatic rings. The molecule has 1 atom stereocenters. The van der Waals surface area contributed by atoms with Crippen LogP contribution in [0.15, 0.2) is 21.6 Å². The van der Waals surface area contributed by atoms with Crippen molar-refractivity contribution < 1.29 is 27.5 Å². The summed E-state index contributed by atoms with van der Waals surface area (Å²) in [6.45, 7) is 3.66. The van der Waals surface area contributed by atoms with E-state index in [-0.39, 0.29) is 23.2 Å². The molecule has 0 bridgehead atoms. The molecule has 0 radical (unpaired) electrons. The van der Waals surface area contributed by atoms with Gasteiger partial charge in [-0.25, -0.2) is 13.2 Å². The minimum Gasteiger partial charge on any atom is -0.480 e. The number of aliphatic carboxylic acids is 1. The van der Waals surface area contributed by atoms with E-state index in [1.165, 1.54) is 6.07 Å². The predicted molar refractivity (Wildman–Crippen MR) is 70.2 cm³/mol. The third kappa shape index (κ3) is 4.37. The molecule has 8 heteroatoms. The van der Waals surface area contributed by atoms with Crippen LogP contribution in [-0.4, -0.2) is 37.7 Å². The van der Waals surface area contributed by atoms with Crippen LogP contribution in [0.4, 0.5) is 0 Å². The Balaban J connectivity index is 2.84. The Labute approximate surface area is 116 Å². The van der Waals surface area contributed by atoms with Crippen molar-refractivity contribution in [3.63, 3.8) is 0 Å². The van der Waals surface area contributed by atoms with Gasteiger partial charge in [-0.15, -0.1) is 0 Å². The number of hydrogen-bond acceptors (Lipinski definition) is 5. The molecule has 7 nitrogen and oxygen atoms in total. The number of sulfone groups is 1. The third-order valence-electron chi connectivity index (χ3n) is 2.48. The summed E-state index contributed by atoms with van der Waals surface area (Å²) in [5.41, 5.74) is 0. The second kappa shape index (κ2) is 6.08. The molecule has 0 saturated heterocycles. The number of amides is 1. The van der Waals surface area contributed by atoms with Gasteiger partial charge in [0.2, 0.25) is 14.9 Å². The minimum atomic E-state index is -3.54. The highest BCUT2D eigenvalue weighted by molar-refractivity contribution is 7.90. The second-order valence-electron chi connectivity index (χ2n) is 4.88. The van der Waals surface area contributed by atoms with E-state index in [0.29, 0.717) is 0 Å². The van der Waals surface area contributed by atoms with Gasteiger partial charge >= 0.3 is 5.97 Å². The number of hydrogen-bond donors (Lipinski definition) is 2. The molecule has 0 unspecified atom stereocenters. The van der Waals surface area contributed by atoms with Gasteiger partial charge in [0, 0.05) is 6.26 Å². The van der Waals surface area contributed by atoms with E-state index in [4.69, 9.17) is 9.52 Å². The average molecular weight is 303 g/mol. The van der Waals surface area contributed by atoms with Crippen molar-refractivity contribution in [1.82, 2.24) is 5.32 Å². The average Bonchev–Trinajstić information content (AvgIpc) is 2.75. The zero-order valence-electron chi connectivity index (χ0n) is 11.4. The number of furan rings is 1. The SMILES string of the molecule is CC(C)C[C@H](NC(=O)c1ccc(S(C)(=O)=O)o1)C(=O)O. The maximum absolute atomic E-state index is 11.8. The fourth-order valence-electron chi connectivity index (χ4n) is 1.56. The van der Waals surface area contributed by atoms with Gasteiger partial charge in [-0.3, -0.25) is 4.79 Å². The minimum absolute atomic E-state index is 0.0829. The number of rotatable bonds is 6. The predicted octanol–water partition coefficient (Wildman–Crippen LogP) is 0.912. The van der Waals surface area contributed by atoms with E-state index in [1.807, 2.05) is 13.8 Å². The van der Waals surface area contributed by atoms with Crippen LogP contribution < -0.4 is 5.32 Å². The molecular weight excluding hydrogens is 286 g/mol. The van der Waals surface area contributed by atoms with Crippen LogP contribution in [0.1, 0.15) is 30.8 Å². The van der Waals surface area contributed by atoms with E-state index in [2.05, 4.69) is 5.32 Å². The summed E-state index contributed by atoms with van der Waals surface area (Å²) in [7, 11) is -3.54. The van der Waals surface area contributed by atoms with E-state index in [9.17, 15) is 18.0 Å². The first-order valence-electron chi connectivity index (χ1n) is 5.95. The molecule has 2 N–H and O–H groups in total. The summed E-state index contributed by atoms with van der Waals surface area (Å²) < 4.78 is 27.4. The number of carbonyl (C=O) groups excluding carboxylic acids is 1. The van der Waals surface area contributed by atoms with Crippen LogP contribution in [0, 0.1) is 5.92 Å². The molecule has 0 aromatic carbocycles. The Bertz CT molecular complexity index is 601. The van der Waals surface area contributed by atoms with Crippen LogP contribution in [-0.2, 0) is 14.6 Å². The summed E-state index contributed by atoms with van der Waals surface area (Å²) in [5, 5.41) is 11.0. The first-order valence-corrected chi connectivity index (χ1v) is 7.84. The fraction of sp³-hybridized carbons (Fsp3) is 0.500. The maximum atomic E-state index is 11.8. The lowest BCUT2D eigenvalue weighted by atomic mass is 10.0. The van der Waals surface area contributed by atoms with Crippen molar-refractivity contribution in [3.8, 4) is 0 Å². The highest BCUT2D eigenvalue weighted by Crippen LogP contribution is 2.14. The van der Waals surface area contributed by atoms with Gasteiger partial charge in [-0.2, -0.15) is 0 Å². The van der Waals surface area contributed by atoms with E-state index in [1.54, 1.807) is 0 Å². The molecule has 0 fully saturated rings. The Kier molecular flexibility index (Phi) is 4.93. The molecule has 1 amide bonds. The van der Waals surface area contributed by atoms with E-state index >= 15 is 0 Å². The summed E-state index contributed by atoms with van der Waals surface area (Å²) in [6, 6.07) is 1.30. The molecule has 112 valence electrons. The van der Waals surface area contributed by atoms with Crippen molar-refractivity contribution in [3.05, 3.63) is 17.9 Å². The van der Waals surface area contributed by atoms with Crippen molar-refractivity contribution >= 4 is 21.7 Å². The molecule has 1 heterocycles. The highest BCUT2D eigenvalue weighted by Gasteiger charge is 2.24. The van der Waals surface area contributed by atoms with E-state index in [0.717, 1.165) is 12.3 Å². The normalized spacial score (nSPS) is 13.2. The highest BCUT2D eigenvalue weighted by atomic mass is 32.2. The van der Waals surface area contributed by atoms with Crippen LogP contribution >= 0.6 is 0 Å². The van der Waals surface area contributed by atoms with Crippen molar-refractivity contribution in [2.45, 2.75) is 31.4 Å². The Morgan fingerprint density at radius 3 is 2.35 bits per heavy atom. The van der Waals surface area contributed by atoms with Gasteiger partial charge in [0.05, 0.1) is 0 Å². The number of carbonyl (C=O) groups is 2. The van der Waals surface area contributed by atoms with E-state index < -0.39 is 27.8 Å². The third-order valence-corrected chi connectivity index (χ3v) is 3.43. The topological polar surface area (TPSA) is 114 Å². The summed E-state index contributed by atoms with van der Waals surface area (Å²) in [6.07, 6.45) is 1.22. The Morgan fingerprint density at radius 2 is 1.95 bits per heavy atom. The zero-order chi connectivity index (χ0) is 15.5. The van der Waals surface area contributed by atoms with Crippen LogP contribution in [0.5, 0.6) is 0 Å². The first kappa shape index (κ1) is 16.2. The standard InChI is InChI=1S/C12H17NO6S/c1-7(2)6-8(12(15)16)13-11(14)9-4-5-10(19-9)20(3,17)18/h4-5,7-8H,6H2,1-3H3,(H,13,14)(H,15,16)/t8-/m0/s1. The van der Waals surface area contributed by atoms with Crippen LogP contribution in [0.25, 0.3) is 0 Å². The molecule has 0 aliphatic heterocycles.